The zero-order valence-electron chi connectivity index (χ0n) is 15.3. The van der Waals surface area contributed by atoms with Gasteiger partial charge in [-0.25, -0.2) is 0 Å². The minimum Gasteiger partial charge on any atom is -0.354 e. The van der Waals surface area contributed by atoms with Gasteiger partial charge in [-0.2, -0.15) is 0 Å². The lowest BCUT2D eigenvalue weighted by Crippen LogP contribution is -2.29. The Kier molecular flexibility index (Phi) is 4.30. The predicted octanol–water partition coefficient (Wildman–Crippen LogP) is 3.11. The molecule has 0 N–H and O–H groups in total. The average Bonchev–Trinajstić information content (AvgIpc) is 3.28. The number of hydrogen-bond donors (Lipinski definition) is 0. The van der Waals surface area contributed by atoms with Gasteiger partial charge in [0, 0.05) is 44.5 Å². The quantitative estimate of drug-likeness (QED) is 0.718. The van der Waals surface area contributed by atoms with Crippen LogP contribution in [0.1, 0.15) is 5.69 Å². The molecule has 136 valence electrons. The molecule has 27 heavy (non-hydrogen) atoms. The zero-order chi connectivity index (χ0) is 18.1. The lowest BCUT2D eigenvalue weighted by Gasteiger charge is -2.21. The lowest BCUT2D eigenvalue weighted by molar-refractivity contribution is 0.305. The summed E-state index contributed by atoms with van der Waals surface area (Å²) in [5, 5.41) is 8.95. The van der Waals surface area contributed by atoms with E-state index in [2.05, 4.69) is 61.4 Å². The molecule has 0 bridgehead atoms. The molecule has 0 saturated carbocycles. The largest absolute Gasteiger partial charge is 0.354 e. The molecule has 4 heterocycles. The molecule has 5 heteroatoms. The van der Waals surface area contributed by atoms with E-state index in [1.165, 1.54) is 0 Å². The summed E-state index contributed by atoms with van der Waals surface area (Å²) in [6, 6.07) is 20.6. The average molecular weight is 357 g/mol. The summed E-state index contributed by atoms with van der Waals surface area (Å²) >= 11 is 0. The van der Waals surface area contributed by atoms with Crippen LogP contribution in [0.3, 0.4) is 0 Å². The Bertz CT molecular complexity index is 868. The first-order valence-corrected chi connectivity index (χ1v) is 9.61. The smallest absolute Gasteiger partial charge is 0.151 e. The first kappa shape index (κ1) is 16.4. The van der Waals surface area contributed by atoms with Crippen LogP contribution < -0.4 is 4.90 Å². The molecule has 5 nitrogen and oxygen atoms in total. The summed E-state index contributed by atoms with van der Waals surface area (Å²) < 4.78 is 0. The van der Waals surface area contributed by atoms with E-state index < -0.39 is 0 Å². The van der Waals surface area contributed by atoms with Crippen LogP contribution in [0.5, 0.6) is 0 Å². The Morgan fingerprint density at radius 3 is 2.22 bits per heavy atom. The molecule has 2 aromatic heterocycles. The summed E-state index contributed by atoms with van der Waals surface area (Å²) in [5.41, 5.74) is 3.21. The van der Waals surface area contributed by atoms with Crippen molar-refractivity contribution < 1.29 is 0 Å². The summed E-state index contributed by atoms with van der Waals surface area (Å²) in [5.74, 6) is 2.42. The van der Waals surface area contributed by atoms with Gasteiger partial charge < -0.3 is 4.90 Å². The third kappa shape index (κ3) is 3.43. The number of nitrogens with zero attached hydrogens (tertiary/aromatic N) is 5. The second-order valence-corrected chi connectivity index (χ2v) is 7.58. The van der Waals surface area contributed by atoms with Crippen LogP contribution in [-0.4, -0.2) is 46.3 Å². The second kappa shape index (κ2) is 7.08. The Balaban J connectivity index is 1.21. The van der Waals surface area contributed by atoms with Gasteiger partial charge in [-0.15, -0.1) is 10.2 Å². The lowest BCUT2D eigenvalue weighted by atomic mass is 10.0. The fourth-order valence-electron chi connectivity index (χ4n) is 4.38. The molecule has 2 saturated heterocycles. The van der Waals surface area contributed by atoms with Crippen molar-refractivity contribution in [2.24, 2.45) is 11.8 Å². The van der Waals surface area contributed by atoms with Gasteiger partial charge in [0.25, 0.3) is 0 Å². The van der Waals surface area contributed by atoms with E-state index in [0.717, 1.165) is 55.5 Å². The highest BCUT2D eigenvalue weighted by molar-refractivity contribution is 5.59. The molecule has 3 aromatic rings. The van der Waals surface area contributed by atoms with Gasteiger partial charge in [-0.1, -0.05) is 36.4 Å². The fraction of sp³-hybridized carbons (Fsp3) is 0.318. The molecular weight excluding hydrogens is 334 g/mol. The van der Waals surface area contributed by atoms with Crippen LogP contribution in [0.25, 0.3) is 11.3 Å². The number of fused-ring (bicyclic) bond motifs is 1. The summed E-state index contributed by atoms with van der Waals surface area (Å²) in [4.78, 5) is 9.40. The summed E-state index contributed by atoms with van der Waals surface area (Å²) in [7, 11) is 0. The van der Waals surface area contributed by atoms with E-state index in [9.17, 15) is 0 Å². The maximum Gasteiger partial charge on any atom is 0.151 e. The van der Waals surface area contributed by atoms with Crippen LogP contribution in [0.2, 0.25) is 0 Å². The van der Waals surface area contributed by atoms with E-state index in [1.54, 1.807) is 0 Å². The number of anilines is 1. The van der Waals surface area contributed by atoms with Crippen molar-refractivity contribution in [1.29, 1.82) is 0 Å². The molecule has 5 rings (SSSR count). The van der Waals surface area contributed by atoms with Crippen molar-refractivity contribution >= 4 is 5.82 Å². The highest BCUT2D eigenvalue weighted by Gasteiger charge is 2.40. The summed E-state index contributed by atoms with van der Waals surface area (Å²) in [6.45, 7) is 5.39. The molecule has 2 aliphatic rings. The maximum absolute atomic E-state index is 4.50. The van der Waals surface area contributed by atoms with E-state index in [-0.39, 0.29) is 0 Å². The van der Waals surface area contributed by atoms with Crippen molar-refractivity contribution in [3.63, 3.8) is 0 Å². The number of rotatable bonds is 4. The monoisotopic (exact) mass is 357 g/mol. The Labute approximate surface area is 159 Å². The van der Waals surface area contributed by atoms with Crippen molar-refractivity contribution in [1.82, 2.24) is 20.1 Å². The van der Waals surface area contributed by atoms with Gasteiger partial charge in [0.15, 0.2) is 5.82 Å². The Hall–Kier alpha value is -2.79. The minimum absolute atomic E-state index is 0.712. The molecule has 2 unspecified atom stereocenters. The normalized spacial score (nSPS) is 22.1. The number of hydrogen-bond acceptors (Lipinski definition) is 5. The molecule has 2 fully saturated rings. The van der Waals surface area contributed by atoms with Crippen molar-refractivity contribution in [3.05, 3.63) is 72.6 Å². The molecule has 0 amide bonds. The number of aromatic nitrogens is 3. The van der Waals surface area contributed by atoms with Crippen molar-refractivity contribution in [3.8, 4) is 11.3 Å². The van der Waals surface area contributed by atoms with E-state index in [0.29, 0.717) is 11.8 Å². The van der Waals surface area contributed by atoms with Crippen LogP contribution >= 0.6 is 0 Å². The van der Waals surface area contributed by atoms with Gasteiger partial charge in [0.1, 0.15) is 0 Å². The van der Waals surface area contributed by atoms with Gasteiger partial charge in [-0.05, 0) is 36.1 Å². The highest BCUT2D eigenvalue weighted by atomic mass is 15.3. The Morgan fingerprint density at radius 1 is 0.778 bits per heavy atom. The van der Waals surface area contributed by atoms with Gasteiger partial charge >= 0.3 is 0 Å². The Morgan fingerprint density at radius 2 is 1.56 bits per heavy atom. The third-order valence-corrected chi connectivity index (χ3v) is 5.72. The fourth-order valence-corrected chi connectivity index (χ4v) is 4.38. The maximum atomic E-state index is 4.50. The summed E-state index contributed by atoms with van der Waals surface area (Å²) in [6.07, 6.45) is 1.88. The molecule has 0 aliphatic carbocycles. The molecule has 0 radical (unpaired) electrons. The molecule has 1 aromatic carbocycles. The third-order valence-electron chi connectivity index (χ3n) is 5.72. The molecule has 0 spiro atoms. The minimum atomic E-state index is 0.712. The van der Waals surface area contributed by atoms with Gasteiger partial charge in [-0.3, -0.25) is 9.88 Å². The molecule has 2 atom stereocenters. The van der Waals surface area contributed by atoms with Crippen LogP contribution in [0.4, 0.5) is 5.82 Å². The highest BCUT2D eigenvalue weighted by Crippen LogP contribution is 2.33. The molecular formula is C22H23N5. The van der Waals surface area contributed by atoms with Crippen molar-refractivity contribution in [2.45, 2.75) is 6.54 Å². The van der Waals surface area contributed by atoms with Crippen molar-refractivity contribution in [2.75, 3.05) is 31.1 Å². The van der Waals surface area contributed by atoms with E-state index >= 15 is 0 Å². The number of benzene rings is 1. The first-order chi connectivity index (χ1) is 13.3. The van der Waals surface area contributed by atoms with Crippen LogP contribution in [-0.2, 0) is 6.54 Å². The zero-order valence-corrected chi connectivity index (χ0v) is 15.3. The molecule has 2 aliphatic heterocycles. The predicted molar refractivity (Wildman–Crippen MR) is 106 cm³/mol. The number of likely N-dealkylation sites (tertiary alicyclic amines) is 1. The first-order valence-electron chi connectivity index (χ1n) is 9.61. The topological polar surface area (TPSA) is 45.2 Å². The van der Waals surface area contributed by atoms with Crippen LogP contribution in [0, 0.1) is 11.8 Å². The van der Waals surface area contributed by atoms with Gasteiger partial charge in [0.2, 0.25) is 0 Å². The van der Waals surface area contributed by atoms with E-state index in [1.807, 2.05) is 30.5 Å². The second-order valence-electron chi connectivity index (χ2n) is 7.58. The van der Waals surface area contributed by atoms with Gasteiger partial charge in [0.05, 0.1) is 11.4 Å². The SMILES string of the molecule is c1ccc(-c2ccc(N3CC4CN(Cc5ccccn5)CC4C3)nn2)cc1. The number of pyridine rings is 1. The van der Waals surface area contributed by atoms with Crippen LogP contribution in [0.15, 0.2) is 66.9 Å². The standard InChI is InChI=1S/C22H23N5/c1-2-6-17(7-3-1)21-9-10-22(25-24-21)27-14-18-12-26(13-19(18)15-27)16-20-8-4-5-11-23-20/h1-11,18-19H,12-16H2. The van der Waals surface area contributed by atoms with E-state index in [4.69, 9.17) is 0 Å².